The molecule has 6 heteroatoms. The fraction of sp³-hybridized carbons (Fsp3) is 0.682. The molecule has 28 heavy (non-hydrogen) atoms. The summed E-state index contributed by atoms with van der Waals surface area (Å²) in [6.07, 6.45) is 2.59. The van der Waals surface area contributed by atoms with E-state index in [4.69, 9.17) is 9.73 Å². The number of hydrogen-bond acceptors (Lipinski definition) is 3. The third kappa shape index (κ3) is 8.55. The van der Waals surface area contributed by atoms with Crippen LogP contribution in [0.15, 0.2) is 29.3 Å². The number of nitrogens with one attached hydrogen (secondary N) is 1. The molecule has 0 amide bonds. The molecule has 1 aliphatic heterocycles. The summed E-state index contributed by atoms with van der Waals surface area (Å²) in [5, 5.41) is 3.45. The SMILES string of the molecule is CCNC(=NCC1CCCN(CC(C)C)C1)N(C)Cc1ccc(OC)cc1.I. The molecule has 1 saturated heterocycles. The van der Waals surface area contributed by atoms with Crippen molar-refractivity contribution in [2.75, 3.05) is 46.9 Å². The molecule has 0 aliphatic carbocycles. The van der Waals surface area contributed by atoms with E-state index in [0.29, 0.717) is 5.92 Å². The predicted molar refractivity (Wildman–Crippen MR) is 130 cm³/mol. The maximum atomic E-state index is 5.24. The Morgan fingerprint density at radius 1 is 1.32 bits per heavy atom. The molecule has 2 rings (SSSR count). The molecule has 1 aliphatic rings. The first kappa shape index (κ1) is 25.0. The van der Waals surface area contributed by atoms with Gasteiger partial charge in [-0.05, 0) is 55.8 Å². The number of likely N-dealkylation sites (tertiary alicyclic amines) is 1. The van der Waals surface area contributed by atoms with Crippen molar-refractivity contribution in [3.8, 4) is 5.75 Å². The zero-order valence-electron chi connectivity index (χ0n) is 18.3. The van der Waals surface area contributed by atoms with E-state index < -0.39 is 0 Å². The Hall–Kier alpha value is -1.02. The first-order chi connectivity index (χ1) is 13.0. The lowest BCUT2D eigenvalue weighted by Crippen LogP contribution is -2.41. The highest BCUT2D eigenvalue weighted by molar-refractivity contribution is 14.0. The van der Waals surface area contributed by atoms with Crippen LogP contribution in [-0.4, -0.2) is 62.6 Å². The number of nitrogens with zero attached hydrogens (tertiary/aromatic N) is 3. The van der Waals surface area contributed by atoms with Crippen LogP contribution in [0, 0.1) is 11.8 Å². The molecule has 1 aromatic carbocycles. The van der Waals surface area contributed by atoms with Gasteiger partial charge in [0.25, 0.3) is 0 Å². The minimum Gasteiger partial charge on any atom is -0.497 e. The van der Waals surface area contributed by atoms with Crippen molar-refractivity contribution in [3.05, 3.63) is 29.8 Å². The molecule has 5 nitrogen and oxygen atoms in total. The molecule has 1 unspecified atom stereocenters. The van der Waals surface area contributed by atoms with Crippen LogP contribution in [0.25, 0.3) is 0 Å². The molecule has 0 saturated carbocycles. The summed E-state index contributed by atoms with van der Waals surface area (Å²) in [6, 6.07) is 8.25. The maximum Gasteiger partial charge on any atom is 0.193 e. The van der Waals surface area contributed by atoms with Crippen LogP contribution in [0.4, 0.5) is 0 Å². The lowest BCUT2D eigenvalue weighted by molar-refractivity contribution is 0.162. The molecule has 1 aromatic rings. The van der Waals surface area contributed by atoms with E-state index in [9.17, 15) is 0 Å². The number of aliphatic imine (C=N–C) groups is 1. The van der Waals surface area contributed by atoms with Crippen LogP contribution in [0.2, 0.25) is 0 Å². The van der Waals surface area contributed by atoms with Crippen LogP contribution < -0.4 is 10.1 Å². The molecule has 0 aromatic heterocycles. The van der Waals surface area contributed by atoms with Gasteiger partial charge in [-0.25, -0.2) is 0 Å². The van der Waals surface area contributed by atoms with E-state index in [1.807, 2.05) is 12.1 Å². The lowest BCUT2D eigenvalue weighted by Gasteiger charge is -2.33. The first-order valence-corrected chi connectivity index (χ1v) is 10.4. The first-order valence-electron chi connectivity index (χ1n) is 10.4. The van der Waals surface area contributed by atoms with Crippen molar-refractivity contribution in [3.63, 3.8) is 0 Å². The Morgan fingerprint density at radius 2 is 2.04 bits per heavy atom. The number of methoxy groups -OCH3 is 1. The molecule has 1 atom stereocenters. The fourth-order valence-corrected chi connectivity index (χ4v) is 3.75. The molecule has 160 valence electrons. The van der Waals surface area contributed by atoms with E-state index in [0.717, 1.165) is 37.3 Å². The van der Waals surface area contributed by atoms with E-state index in [1.165, 1.54) is 38.0 Å². The Morgan fingerprint density at radius 3 is 2.64 bits per heavy atom. The standard InChI is InChI=1S/C22H38N4O.HI/c1-6-23-22(25(4)16-19-9-11-21(27-5)12-10-19)24-14-20-8-7-13-26(17-20)15-18(2)3;/h9-12,18,20H,6-8,13-17H2,1-5H3,(H,23,24);1H. The number of halogens is 1. The van der Waals surface area contributed by atoms with E-state index in [-0.39, 0.29) is 24.0 Å². The number of piperidine rings is 1. The highest BCUT2D eigenvalue weighted by Gasteiger charge is 2.20. The second-order valence-corrected chi connectivity index (χ2v) is 8.06. The lowest BCUT2D eigenvalue weighted by atomic mass is 9.97. The smallest absolute Gasteiger partial charge is 0.193 e. The summed E-state index contributed by atoms with van der Waals surface area (Å²) in [7, 11) is 3.81. The summed E-state index contributed by atoms with van der Waals surface area (Å²) < 4.78 is 5.24. The van der Waals surface area contributed by atoms with Crippen molar-refractivity contribution < 1.29 is 4.74 Å². The van der Waals surface area contributed by atoms with Crippen molar-refractivity contribution >= 4 is 29.9 Å². The molecule has 0 spiro atoms. The molecular weight excluding hydrogens is 463 g/mol. The predicted octanol–water partition coefficient (Wildman–Crippen LogP) is 4.08. The van der Waals surface area contributed by atoms with Gasteiger partial charge in [-0.1, -0.05) is 26.0 Å². The summed E-state index contributed by atoms with van der Waals surface area (Å²) in [5.74, 6) is 3.29. The van der Waals surface area contributed by atoms with Crippen molar-refractivity contribution in [2.24, 2.45) is 16.8 Å². The van der Waals surface area contributed by atoms with Gasteiger partial charge in [0.2, 0.25) is 0 Å². The zero-order valence-corrected chi connectivity index (χ0v) is 20.6. The molecule has 1 N–H and O–H groups in total. The van der Waals surface area contributed by atoms with Gasteiger partial charge in [-0.2, -0.15) is 0 Å². The molecule has 0 bridgehead atoms. The van der Waals surface area contributed by atoms with Crippen molar-refractivity contribution in [2.45, 2.75) is 40.2 Å². The van der Waals surface area contributed by atoms with Gasteiger partial charge in [-0.15, -0.1) is 24.0 Å². The molecular formula is C22H39IN4O. The zero-order chi connectivity index (χ0) is 19.6. The minimum atomic E-state index is 0. The Balaban J connectivity index is 0.00000392. The largest absolute Gasteiger partial charge is 0.497 e. The van der Waals surface area contributed by atoms with Crippen LogP contribution in [0.1, 0.15) is 39.2 Å². The Kier molecular flexibility index (Phi) is 11.8. The molecule has 0 radical (unpaired) electrons. The number of hydrogen-bond donors (Lipinski definition) is 1. The van der Waals surface area contributed by atoms with Gasteiger partial charge in [0, 0.05) is 39.8 Å². The van der Waals surface area contributed by atoms with E-state index in [2.05, 4.69) is 55.1 Å². The second-order valence-electron chi connectivity index (χ2n) is 8.06. The Labute approximate surface area is 188 Å². The summed E-state index contributed by atoms with van der Waals surface area (Å²) in [4.78, 5) is 9.78. The van der Waals surface area contributed by atoms with Gasteiger partial charge < -0.3 is 19.9 Å². The summed E-state index contributed by atoms with van der Waals surface area (Å²) >= 11 is 0. The van der Waals surface area contributed by atoms with Crippen LogP contribution >= 0.6 is 24.0 Å². The highest BCUT2D eigenvalue weighted by Crippen LogP contribution is 2.18. The number of benzene rings is 1. The van der Waals surface area contributed by atoms with Gasteiger partial charge in [0.1, 0.15) is 5.75 Å². The Bertz CT molecular complexity index is 576. The van der Waals surface area contributed by atoms with Crippen molar-refractivity contribution in [1.82, 2.24) is 15.1 Å². The van der Waals surface area contributed by atoms with Crippen LogP contribution in [-0.2, 0) is 6.54 Å². The van der Waals surface area contributed by atoms with E-state index in [1.54, 1.807) is 7.11 Å². The normalized spacial score (nSPS) is 17.9. The van der Waals surface area contributed by atoms with Gasteiger partial charge in [0.15, 0.2) is 5.96 Å². The quantitative estimate of drug-likeness (QED) is 0.331. The minimum absolute atomic E-state index is 0. The number of guanidine groups is 1. The number of rotatable bonds is 8. The average molecular weight is 502 g/mol. The van der Waals surface area contributed by atoms with E-state index >= 15 is 0 Å². The van der Waals surface area contributed by atoms with Gasteiger partial charge in [-0.3, -0.25) is 4.99 Å². The average Bonchev–Trinajstić information content (AvgIpc) is 2.65. The maximum absolute atomic E-state index is 5.24. The van der Waals surface area contributed by atoms with Gasteiger partial charge >= 0.3 is 0 Å². The summed E-state index contributed by atoms with van der Waals surface area (Å²) in [6.45, 7) is 13.0. The van der Waals surface area contributed by atoms with Crippen LogP contribution in [0.5, 0.6) is 5.75 Å². The molecule has 1 heterocycles. The molecule has 1 fully saturated rings. The van der Waals surface area contributed by atoms with Crippen molar-refractivity contribution in [1.29, 1.82) is 0 Å². The fourth-order valence-electron chi connectivity index (χ4n) is 3.75. The number of ether oxygens (including phenoxy) is 1. The third-order valence-corrected chi connectivity index (χ3v) is 5.00. The second kappa shape index (κ2) is 13.2. The van der Waals surface area contributed by atoms with Gasteiger partial charge in [0.05, 0.1) is 7.11 Å². The highest BCUT2D eigenvalue weighted by atomic mass is 127. The monoisotopic (exact) mass is 502 g/mol. The third-order valence-electron chi connectivity index (χ3n) is 5.00. The van der Waals surface area contributed by atoms with Crippen LogP contribution in [0.3, 0.4) is 0 Å². The topological polar surface area (TPSA) is 40.1 Å². The summed E-state index contributed by atoms with van der Waals surface area (Å²) in [5.41, 5.74) is 1.25.